The van der Waals surface area contributed by atoms with Gasteiger partial charge in [-0.05, 0) is 36.4 Å². The Morgan fingerprint density at radius 1 is 1.07 bits per heavy atom. The molecule has 3 aromatic rings. The van der Waals surface area contributed by atoms with Crippen molar-refractivity contribution in [1.82, 2.24) is 14.9 Å². The van der Waals surface area contributed by atoms with E-state index >= 15 is 0 Å². The van der Waals surface area contributed by atoms with Gasteiger partial charge < -0.3 is 14.9 Å². The van der Waals surface area contributed by atoms with Crippen LogP contribution in [0.1, 0.15) is 10.4 Å². The van der Waals surface area contributed by atoms with Gasteiger partial charge in [0.05, 0.1) is 11.1 Å². The Kier molecular flexibility index (Phi) is 4.88. The molecule has 1 saturated heterocycles. The summed E-state index contributed by atoms with van der Waals surface area (Å²) >= 11 is 9.46. The highest BCUT2D eigenvalue weighted by Crippen LogP contribution is 2.28. The van der Waals surface area contributed by atoms with Crippen LogP contribution in [0.5, 0.6) is 5.75 Å². The number of carbonyl (C=O) groups is 1. The van der Waals surface area contributed by atoms with E-state index in [1.807, 2.05) is 18.2 Å². The van der Waals surface area contributed by atoms with Crippen LogP contribution in [-0.2, 0) is 0 Å². The highest BCUT2D eigenvalue weighted by atomic mass is 79.9. The predicted molar refractivity (Wildman–Crippen MR) is 108 cm³/mol. The molecule has 6 nitrogen and oxygen atoms in total. The van der Waals surface area contributed by atoms with Crippen LogP contribution in [0.25, 0.3) is 10.9 Å². The molecule has 2 heterocycles. The number of carbonyl (C=O) groups excluding carboxylic acids is 1. The zero-order chi connectivity index (χ0) is 19.0. The number of benzene rings is 2. The number of amides is 1. The number of aromatic hydroxyl groups is 1. The molecule has 138 valence electrons. The molecule has 0 unspecified atom stereocenters. The van der Waals surface area contributed by atoms with Gasteiger partial charge in [-0.1, -0.05) is 27.5 Å². The van der Waals surface area contributed by atoms with Crippen LogP contribution in [0.4, 0.5) is 5.82 Å². The maximum atomic E-state index is 12.7. The summed E-state index contributed by atoms with van der Waals surface area (Å²) in [5, 5.41) is 11.4. The van der Waals surface area contributed by atoms with Crippen molar-refractivity contribution >= 4 is 50.2 Å². The van der Waals surface area contributed by atoms with E-state index in [-0.39, 0.29) is 17.2 Å². The fraction of sp³-hybridized carbons (Fsp3) is 0.211. The fourth-order valence-electron chi connectivity index (χ4n) is 3.24. The zero-order valence-corrected chi connectivity index (χ0v) is 16.6. The van der Waals surface area contributed by atoms with Crippen molar-refractivity contribution in [2.45, 2.75) is 0 Å². The molecule has 0 aliphatic carbocycles. The van der Waals surface area contributed by atoms with E-state index in [9.17, 15) is 9.90 Å². The monoisotopic (exact) mass is 446 g/mol. The van der Waals surface area contributed by atoms with Crippen molar-refractivity contribution in [3.63, 3.8) is 0 Å². The molecule has 4 rings (SSSR count). The number of piperazine rings is 1. The van der Waals surface area contributed by atoms with Crippen LogP contribution < -0.4 is 4.90 Å². The first-order chi connectivity index (χ1) is 13.0. The number of fused-ring (bicyclic) bond motifs is 1. The quantitative estimate of drug-likeness (QED) is 0.648. The summed E-state index contributed by atoms with van der Waals surface area (Å²) in [6.45, 7) is 2.35. The second-order valence-corrected chi connectivity index (χ2v) is 7.65. The molecule has 1 fully saturated rings. The van der Waals surface area contributed by atoms with Crippen molar-refractivity contribution in [3.05, 3.63) is 57.8 Å². The van der Waals surface area contributed by atoms with Crippen LogP contribution in [0.2, 0.25) is 5.02 Å². The van der Waals surface area contributed by atoms with Gasteiger partial charge in [0.1, 0.15) is 17.9 Å². The molecule has 0 radical (unpaired) electrons. The number of phenolic OH excluding ortho intramolecular Hbond substituents is 1. The lowest BCUT2D eigenvalue weighted by molar-refractivity contribution is 0.0743. The summed E-state index contributed by atoms with van der Waals surface area (Å²) in [5.74, 6) is 0.586. The average molecular weight is 448 g/mol. The Morgan fingerprint density at radius 2 is 1.85 bits per heavy atom. The first-order valence-corrected chi connectivity index (χ1v) is 9.63. The Balaban J connectivity index is 1.53. The normalized spacial score (nSPS) is 14.6. The van der Waals surface area contributed by atoms with Crippen LogP contribution in [-0.4, -0.2) is 52.1 Å². The third-order valence-electron chi connectivity index (χ3n) is 4.63. The lowest BCUT2D eigenvalue weighted by Crippen LogP contribution is -2.49. The molecule has 0 saturated carbocycles. The SMILES string of the molecule is O=C(c1cc(Cl)ccc1O)N1CCN(c2ncnc3ccc(Br)cc23)CC1. The molecule has 0 bridgehead atoms. The fourth-order valence-corrected chi connectivity index (χ4v) is 3.77. The molecule has 8 heteroatoms. The highest BCUT2D eigenvalue weighted by molar-refractivity contribution is 9.10. The van der Waals surface area contributed by atoms with Crippen molar-refractivity contribution in [2.75, 3.05) is 31.1 Å². The maximum Gasteiger partial charge on any atom is 0.257 e. The topological polar surface area (TPSA) is 69.6 Å². The minimum absolute atomic E-state index is 0.0570. The van der Waals surface area contributed by atoms with E-state index in [2.05, 4.69) is 30.8 Å². The summed E-state index contributed by atoms with van der Waals surface area (Å²) in [4.78, 5) is 25.4. The van der Waals surface area contributed by atoms with Gasteiger partial charge in [0.15, 0.2) is 0 Å². The van der Waals surface area contributed by atoms with Gasteiger partial charge in [-0.15, -0.1) is 0 Å². The van der Waals surface area contributed by atoms with E-state index in [1.54, 1.807) is 17.3 Å². The minimum Gasteiger partial charge on any atom is -0.507 e. The number of anilines is 1. The molecule has 1 aliphatic heterocycles. The van der Waals surface area contributed by atoms with Crippen LogP contribution in [0.3, 0.4) is 0 Å². The van der Waals surface area contributed by atoms with Gasteiger partial charge in [0.25, 0.3) is 5.91 Å². The van der Waals surface area contributed by atoms with Gasteiger partial charge in [0, 0.05) is 41.1 Å². The molecule has 0 spiro atoms. The van der Waals surface area contributed by atoms with E-state index in [4.69, 9.17) is 11.6 Å². The van der Waals surface area contributed by atoms with Gasteiger partial charge in [-0.25, -0.2) is 9.97 Å². The summed E-state index contributed by atoms with van der Waals surface area (Å²) in [5.41, 5.74) is 1.11. The van der Waals surface area contributed by atoms with Gasteiger partial charge in [-0.2, -0.15) is 0 Å². The van der Waals surface area contributed by atoms with Crippen LogP contribution >= 0.6 is 27.5 Å². The molecular weight excluding hydrogens is 432 g/mol. The second kappa shape index (κ2) is 7.32. The van der Waals surface area contributed by atoms with E-state index in [0.717, 1.165) is 21.2 Å². The first-order valence-electron chi connectivity index (χ1n) is 8.46. The van der Waals surface area contributed by atoms with E-state index in [0.29, 0.717) is 31.2 Å². The largest absolute Gasteiger partial charge is 0.507 e. The third-order valence-corrected chi connectivity index (χ3v) is 5.36. The smallest absolute Gasteiger partial charge is 0.257 e. The number of hydrogen-bond acceptors (Lipinski definition) is 5. The van der Waals surface area contributed by atoms with Crippen molar-refractivity contribution < 1.29 is 9.90 Å². The Hall–Kier alpha value is -2.38. The molecule has 2 aromatic carbocycles. The Morgan fingerprint density at radius 3 is 2.63 bits per heavy atom. The van der Waals surface area contributed by atoms with E-state index < -0.39 is 0 Å². The van der Waals surface area contributed by atoms with Crippen molar-refractivity contribution in [3.8, 4) is 5.75 Å². The van der Waals surface area contributed by atoms with E-state index in [1.165, 1.54) is 12.1 Å². The number of nitrogens with zero attached hydrogens (tertiary/aromatic N) is 4. The molecule has 0 atom stereocenters. The summed E-state index contributed by atoms with van der Waals surface area (Å²) in [7, 11) is 0. The standard InChI is InChI=1S/C19H16BrClN4O2/c20-12-1-3-16-14(9-12)18(23-11-22-16)24-5-7-25(8-6-24)19(27)15-10-13(21)2-4-17(15)26/h1-4,9-11,26H,5-8H2. The molecule has 1 N–H and O–H groups in total. The van der Waals surface area contributed by atoms with Crippen LogP contribution in [0, 0.1) is 0 Å². The summed E-state index contributed by atoms with van der Waals surface area (Å²) in [6.07, 6.45) is 1.56. The highest BCUT2D eigenvalue weighted by Gasteiger charge is 2.25. The molecule has 1 amide bonds. The number of hydrogen-bond donors (Lipinski definition) is 1. The third kappa shape index (κ3) is 3.57. The Bertz CT molecular complexity index is 1020. The van der Waals surface area contributed by atoms with Gasteiger partial charge in [0.2, 0.25) is 0 Å². The average Bonchev–Trinajstić information content (AvgIpc) is 2.69. The summed E-state index contributed by atoms with van der Waals surface area (Å²) in [6, 6.07) is 10.4. The van der Waals surface area contributed by atoms with Crippen molar-refractivity contribution in [2.24, 2.45) is 0 Å². The summed E-state index contributed by atoms with van der Waals surface area (Å²) < 4.78 is 0.969. The van der Waals surface area contributed by atoms with Crippen LogP contribution in [0.15, 0.2) is 47.2 Å². The molecule has 1 aliphatic rings. The zero-order valence-electron chi connectivity index (χ0n) is 14.3. The number of aromatic nitrogens is 2. The number of halogens is 2. The van der Waals surface area contributed by atoms with Gasteiger partial charge in [-0.3, -0.25) is 4.79 Å². The van der Waals surface area contributed by atoms with Gasteiger partial charge >= 0.3 is 0 Å². The molecular formula is C19H16BrClN4O2. The molecule has 1 aromatic heterocycles. The van der Waals surface area contributed by atoms with Crippen molar-refractivity contribution in [1.29, 1.82) is 0 Å². The number of rotatable bonds is 2. The maximum absolute atomic E-state index is 12.7. The number of phenols is 1. The Labute approximate surface area is 169 Å². The first kappa shape index (κ1) is 18.0. The second-order valence-electron chi connectivity index (χ2n) is 6.30. The predicted octanol–water partition coefficient (Wildman–Crippen LogP) is 3.71. The lowest BCUT2D eigenvalue weighted by atomic mass is 10.1. The minimum atomic E-state index is -0.218. The molecule has 27 heavy (non-hydrogen) atoms. The lowest BCUT2D eigenvalue weighted by Gasteiger charge is -2.35.